The first kappa shape index (κ1) is 20.7. The van der Waals surface area contributed by atoms with Crippen molar-refractivity contribution in [3.63, 3.8) is 0 Å². The highest BCUT2D eigenvalue weighted by atomic mass is 16.5. The number of rotatable bonds is 5. The number of nitrogens with zero attached hydrogens (tertiary/aromatic N) is 2. The van der Waals surface area contributed by atoms with Crippen LogP contribution in [-0.2, 0) is 9.53 Å². The number of ether oxygens (including phenoxy) is 1. The second-order valence-electron chi connectivity index (χ2n) is 8.67. The van der Waals surface area contributed by atoms with E-state index in [-0.39, 0.29) is 23.8 Å². The molecule has 166 valence electrons. The predicted octanol–water partition coefficient (Wildman–Crippen LogP) is 2.32. The molecule has 3 amide bonds. The lowest BCUT2D eigenvalue weighted by atomic mass is 10.0. The highest BCUT2D eigenvalue weighted by Crippen LogP contribution is 2.24. The largest absolute Gasteiger partial charge is 0.368 e. The Morgan fingerprint density at radius 2 is 1.50 bits per heavy atom. The number of hydrogen-bond acceptors (Lipinski definition) is 4. The van der Waals surface area contributed by atoms with Crippen molar-refractivity contribution in [2.24, 2.45) is 0 Å². The molecule has 1 saturated carbocycles. The maximum Gasteiger partial charge on any atom is 0.253 e. The molecule has 7 nitrogen and oxygen atoms in total. The molecule has 1 aliphatic carbocycles. The zero-order valence-electron chi connectivity index (χ0n) is 18.0. The molecule has 0 spiro atoms. The summed E-state index contributed by atoms with van der Waals surface area (Å²) in [6.07, 6.45) is 2.61. The molecule has 1 atom stereocenters. The van der Waals surface area contributed by atoms with Crippen LogP contribution in [0.1, 0.15) is 40.0 Å². The molecular weight excluding hydrogens is 406 g/mol. The fourth-order valence-corrected chi connectivity index (χ4v) is 4.09. The lowest BCUT2D eigenvalue weighted by Gasteiger charge is -2.38. The summed E-state index contributed by atoms with van der Waals surface area (Å²) in [5.74, 6) is -0.0236. The quantitative estimate of drug-likeness (QED) is 0.785. The molecule has 2 aliphatic heterocycles. The Kier molecular flexibility index (Phi) is 5.66. The molecule has 2 aromatic carbocycles. The van der Waals surface area contributed by atoms with E-state index in [0.29, 0.717) is 50.0 Å². The molecule has 2 heterocycles. The maximum absolute atomic E-state index is 12.9. The van der Waals surface area contributed by atoms with Gasteiger partial charge in [-0.3, -0.25) is 14.4 Å². The fraction of sp³-hybridized carbons (Fsp3) is 0.400. The van der Waals surface area contributed by atoms with Gasteiger partial charge in [0, 0.05) is 49.8 Å². The molecule has 2 aromatic rings. The van der Waals surface area contributed by atoms with E-state index in [9.17, 15) is 14.4 Å². The average molecular weight is 434 g/mol. The number of carbonyl (C=O) groups excluding carboxylic acids is 3. The summed E-state index contributed by atoms with van der Waals surface area (Å²) in [5.41, 5.74) is 3.17. The third-order valence-electron chi connectivity index (χ3n) is 6.36. The van der Waals surface area contributed by atoms with E-state index in [4.69, 9.17) is 4.74 Å². The van der Waals surface area contributed by atoms with Gasteiger partial charge in [0.25, 0.3) is 17.7 Å². The lowest BCUT2D eigenvalue weighted by molar-refractivity contribution is -0.157. The number of benzene rings is 2. The van der Waals surface area contributed by atoms with Crippen molar-refractivity contribution in [3.8, 4) is 11.1 Å². The van der Waals surface area contributed by atoms with Gasteiger partial charge in [0.05, 0.1) is 6.61 Å². The zero-order chi connectivity index (χ0) is 22.1. The molecule has 0 radical (unpaired) electrons. The molecule has 0 aromatic heterocycles. The van der Waals surface area contributed by atoms with Crippen molar-refractivity contribution in [2.75, 3.05) is 32.8 Å². The SMILES string of the molecule is O=C(NC1CC1)c1cccc(-c2ccc(C(=O)N3CCN(C(=O)C4CCO4)CC3)cc2)c1. The first-order chi connectivity index (χ1) is 15.6. The Hall–Kier alpha value is -3.19. The Morgan fingerprint density at radius 3 is 2.12 bits per heavy atom. The Balaban J connectivity index is 1.20. The molecule has 3 aliphatic rings. The van der Waals surface area contributed by atoms with Crippen LogP contribution in [-0.4, -0.2) is 72.5 Å². The molecular formula is C25H27N3O4. The van der Waals surface area contributed by atoms with Gasteiger partial charge in [-0.15, -0.1) is 0 Å². The van der Waals surface area contributed by atoms with E-state index in [1.165, 1.54) is 0 Å². The van der Waals surface area contributed by atoms with Gasteiger partial charge < -0.3 is 19.9 Å². The highest BCUT2D eigenvalue weighted by Gasteiger charge is 2.33. The molecule has 5 rings (SSSR count). The normalized spacial score (nSPS) is 20.4. The minimum absolute atomic E-state index is 0.0268. The van der Waals surface area contributed by atoms with Gasteiger partial charge in [-0.25, -0.2) is 0 Å². The van der Waals surface area contributed by atoms with Gasteiger partial charge in [-0.05, 0) is 48.2 Å². The summed E-state index contributed by atoms with van der Waals surface area (Å²) < 4.78 is 5.28. The van der Waals surface area contributed by atoms with Crippen LogP contribution in [0.2, 0.25) is 0 Å². The third-order valence-corrected chi connectivity index (χ3v) is 6.36. The van der Waals surface area contributed by atoms with E-state index >= 15 is 0 Å². The van der Waals surface area contributed by atoms with Crippen LogP contribution in [0.25, 0.3) is 11.1 Å². The average Bonchev–Trinajstić information content (AvgIpc) is 3.62. The number of amides is 3. The number of carbonyl (C=O) groups is 3. The summed E-state index contributed by atoms with van der Waals surface area (Å²) in [6, 6.07) is 15.4. The maximum atomic E-state index is 12.9. The number of nitrogens with one attached hydrogen (secondary N) is 1. The van der Waals surface area contributed by atoms with Crippen LogP contribution >= 0.6 is 0 Å². The van der Waals surface area contributed by atoms with Crippen LogP contribution in [0.3, 0.4) is 0 Å². The van der Waals surface area contributed by atoms with Crippen LogP contribution in [0.4, 0.5) is 0 Å². The fourth-order valence-electron chi connectivity index (χ4n) is 4.09. The second-order valence-corrected chi connectivity index (χ2v) is 8.67. The molecule has 1 N–H and O–H groups in total. The van der Waals surface area contributed by atoms with Gasteiger partial charge in [-0.1, -0.05) is 24.3 Å². The summed E-state index contributed by atoms with van der Waals surface area (Å²) in [6.45, 7) is 2.79. The second kappa shape index (κ2) is 8.74. The topological polar surface area (TPSA) is 79.0 Å². The Labute approximate surface area is 187 Å². The summed E-state index contributed by atoms with van der Waals surface area (Å²) >= 11 is 0. The highest BCUT2D eigenvalue weighted by molar-refractivity contribution is 5.96. The lowest BCUT2D eigenvalue weighted by Crippen LogP contribution is -2.54. The first-order valence-corrected chi connectivity index (χ1v) is 11.3. The smallest absolute Gasteiger partial charge is 0.253 e. The van der Waals surface area contributed by atoms with Crippen molar-refractivity contribution >= 4 is 17.7 Å². The Morgan fingerprint density at radius 1 is 0.812 bits per heavy atom. The van der Waals surface area contributed by atoms with Crippen LogP contribution < -0.4 is 5.32 Å². The number of hydrogen-bond donors (Lipinski definition) is 1. The Bertz CT molecular complexity index is 1020. The summed E-state index contributed by atoms with van der Waals surface area (Å²) in [7, 11) is 0. The monoisotopic (exact) mass is 433 g/mol. The van der Waals surface area contributed by atoms with Crippen LogP contribution in [0.5, 0.6) is 0 Å². The summed E-state index contributed by atoms with van der Waals surface area (Å²) in [5, 5.41) is 3.01. The molecule has 0 bridgehead atoms. The van der Waals surface area contributed by atoms with Crippen molar-refractivity contribution in [1.82, 2.24) is 15.1 Å². The van der Waals surface area contributed by atoms with Crippen molar-refractivity contribution in [1.29, 1.82) is 0 Å². The van der Waals surface area contributed by atoms with E-state index in [1.54, 1.807) is 9.80 Å². The molecule has 3 fully saturated rings. The van der Waals surface area contributed by atoms with E-state index in [0.717, 1.165) is 30.4 Å². The zero-order valence-corrected chi connectivity index (χ0v) is 18.0. The van der Waals surface area contributed by atoms with Crippen LogP contribution in [0.15, 0.2) is 48.5 Å². The molecule has 32 heavy (non-hydrogen) atoms. The van der Waals surface area contributed by atoms with E-state index in [1.807, 2.05) is 48.5 Å². The van der Waals surface area contributed by atoms with Crippen molar-refractivity contribution in [2.45, 2.75) is 31.4 Å². The van der Waals surface area contributed by atoms with Gasteiger partial charge in [0.1, 0.15) is 6.10 Å². The molecule has 7 heteroatoms. The van der Waals surface area contributed by atoms with Crippen molar-refractivity contribution in [3.05, 3.63) is 59.7 Å². The standard InChI is InChI=1S/C25H27N3O4/c29-23(26-21-8-9-21)20-3-1-2-19(16-20)17-4-6-18(7-5-17)24(30)27-11-13-28(14-12-27)25(31)22-10-15-32-22/h1-7,16,21-22H,8-15H2,(H,26,29). The first-order valence-electron chi connectivity index (χ1n) is 11.3. The van der Waals surface area contributed by atoms with E-state index in [2.05, 4.69) is 5.32 Å². The molecule has 2 saturated heterocycles. The van der Waals surface area contributed by atoms with Crippen LogP contribution in [0, 0.1) is 0 Å². The van der Waals surface area contributed by atoms with Crippen molar-refractivity contribution < 1.29 is 19.1 Å². The minimum Gasteiger partial charge on any atom is -0.368 e. The van der Waals surface area contributed by atoms with Gasteiger partial charge in [0.2, 0.25) is 0 Å². The van der Waals surface area contributed by atoms with Gasteiger partial charge in [0.15, 0.2) is 0 Å². The third kappa shape index (κ3) is 4.39. The van der Waals surface area contributed by atoms with Gasteiger partial charge in [-0.2, -0.15) is 0 Å². The number of piperazine rings is 1. The van der Waals surface area contributed by atoms with Gasteiger partial charge >= 0.3 is 0 Å². The molecule has 1 unspecified atom stereocenters. The summed E-state index contributed by atoms with van der Waals surface area (Å²) in [4.78, 5) is 41.1. The predicted molar refractivity (Wildman–Crippen MR) is 119 cm³/mol. The van der Waals surface area contributed by atoms with E-state index < -0.39 is 0 Å². The minimum atomic E-state index is -0.289.